The second-order valence-corrected chi connectivity index (χ2v) is 6.31. The molecule has 2 aromatic carbocycles. The zero-order chi connectivity index (χ0) is 16.4. The number of hydrogen-bond acceptors (Lipinski definition) is 1. The maximum atomic E-state index is 12.8. The van der Waals surface area contributed by atoms with Crippen LogP contribution in [0.3, 0.4) is 0 Å². The van der Waals surface area contributed by atoms with Gasteiger partial charge in [-0.25, -0.2) is 0 Å². The van der Waals surface area contributed by atoms with E-state index in [1.807, 2.05) is 55.5 Å². The average Bonchev–Trinajstić information content (AvgIpc) is 2.98. The van der Waals surface area contributed by atoms with Crippen LogP contribution in [0.2, 0.25) is 5.02 Å². The normalized spacial score (nSPS) is 13.9. The van der Waals surface area contributed by atoms with Crippen molar-refractivity contribution in [1.29, 1.82) is 0 Å². The van der Waals surface area contributed by atoms with Crippen molar-refractivity contribution in [2.45, 2.75) is 25.9 Å². The van der Waals surface area contributed by atoms with Crippen molar-refractivity contribution in [2.24, 2.45) is 0 Å². The fourth-order valence-corrected chi connectivity index (χ4v) is 3.30. The maximum absolute atomic E-state index is 12.8. The smallest absolute Gasteiger partial charge is 0.221 e. The summed E-state index contributed by atoms with van der Waals surface area (Å²) in [4.78, 5) is 15.9. The number of para-hydroxylation sites is 1. The van der Waals surface area contributed by atoms with E-state index in [1.165, 1.54) is 0 Å². The minimum atomic E-state index is -0.180. The molecule has 1 aromatic heterocycles. The van der Waals surface area contributed by atoms with Crippen LogP contribution in [0.15, 0.2) is 54.7 Å². The molecule has 0 saturated carbocycles. The van der Waals surface area contributed by atoms with Gasteiger partial charge in [0.05, 0.1) is 0 Å². The third kappa shape index (κ3) is 3.16. The number of hydrogen-bond donors (Lipinski definition) is 2. The molecule has 0 fully saturated rings. The number of fused-ring (bicyclic) bond motifs is 1. The minimum absolute atomic E-state index is 0.118. The number of carbonyl (C=O) groups is 1. The molecule has 3 N–H and O–H groups in total. The number of quaternary nitrogens is 1. The first kappa shape index (κ1) is 15.8. The molecule has 23 heavy (non-hydrogen) atoms. The van der Waals surface area contributed by atoms with Gasteiger partial charge in [-0.1, -0.05) is 48.0 Å². The Morgan fingerprint density at radius 3 is 2.57 bits per heavy atom. The van der Waals surface area contributed by atoms with Crippen molar-refractivity contribution in [3.05, 3.63) is 70.9 Å². The lowest BCUT2D eigenvalue weighted by atomic mass is 10.0. The number of nitrogens with one attached hydrogen (secondary N) is 1. The zero-order valence-electron chi connectivity index (χ0n) is 13.2. The molecule has 0 unspecified atom stereocenters. The topological polar surface area (TPSA) is 49.5 Å². The number of aromatic amines is 1. The number of rotatable bonds is 5. The Morgan fingerprint density at radius 2 is 1.78 bits per heavy atom. The molecule has 0 aliphatic heterocycles. The number of benzene rings is 2. The van der Waals surface area contributed by atoms with E-state index in [1.54, 1.807) is 6.20 Å². The van der Waals surface area contributed by atoms with Gasteiger partial charge in [0.25, 0.3) is 0 Å². The zero-order valence-corrected chi connectivity index (χ0v) is 14.0. The van der Waals surface area contributed by atoms with Crippen molar-refractivity contribution >= 4 is 28.3 Å². The summed E-state index contributed by atoms with van der Waals surface area (Å²) in [6.07, 6.45) is 1.80. The first-order valence-electron chi connectivity index (χ1n) is 7.77. The van der Waals surface area contributed by atoms with Crippen LogP contribution in [0.1, 0.15) is 35.8 Å². The Morgan fingerprint density at radius 1 is 1.09 bits per heavy atom. The van der Waals surface area contributed by atoms with Gasteiger partial charge < -0.3 is 10.3 Å². The summed E-state index contributed by atoms with van der Waals surface area (Å²) in [5.74, 6) is 0.126. The molecule has 0 radical (unpaired) electrons. The molecule has 118 valence electrons. The molecule has 3 rings (SSSR count). The summed E-state index contributed by atoms with van der Waals surface area (Å²) < 4.78 is 0. The highest BCUT2D eigenvalue weighted by atomic mass is 35.5. The van der Waals surface area contributed by atoms with E-state index in [0.29, 0.717) is 0 Å². The van der Waals surface area contributed by atoms with E-state index < -0.39 is 0 Å². The molecule has 0 amide bonds. The second kappa shape index (κ2) is 6.57. The Bertz CT molecular complexity index is 840. The monoisotopic (exact) mass is 327 g/mol. The highest BCUT2D eigenvalue weighted by Crippen LogP contribution is 2.21. The summed E-state index contributed by atoms with van der Waals surface area (Å²) in [5, 5.41) is 3.77. The molecule has 1 heterocycles. The number of aromatic nitrogens is 1. The molecule has 0 saturated heterocycles. The summed E-state index contributed by atoms with van der Waals surface area (Å²) in [7, 11) is 0. The van der Waals surface area contributed by atoms with E-state index in [2.05, 4.69) is 17.2 Å². The molecular weight excluding hydrogens is 308 g/mol. The number of halogens is 1. The number of H-pyrrole nitrogens is 1. The average molecular weight is 328 g/mol. The predicted octanol–water partition coefficient (Wildman–Crippen LogP) is 3.72. The fourth-order valence-electron chi connectivity index (χ4n) is 2.99. The molecule has 4 heteroatoms. The van der Waals surface area contributed by atoms with Crippen LogP contribution in [0.4, 0.5) is 0 Å². The Kier molecular flexibility index (Phi) is 4.51. The SMILES string of the molecule is C[C@@H]([NH2+][C@H](C)c1ccccc1Cl)C(=O)c1c[nH]c2ccccc12. The van der Waals surface area contributed by atoms with E-state index in [0.717, 1.165) is 27.1 Å². The summed E-state index contributed by atoms with van der Waals surface area (Å²) in [6.45, 7) is 4.01. The van der Waals surface area contributed by atoms with Gasteiger partial charge in [-0.3, -0.25) is 4.79 Å². The van der Waals surface area contributed by atoms with Crippen molar-refractivity contribution in [3.8, 4) is 0 Å². The molecule has 0 bridgehead atoms. The Labute approximate surface area is 140 Å². The summed E-state index contributed by atoms with van der Waals surface area (Å²) in [5.41, 5.74) is 2.78. The van der Waals surface area contributed by atoms with Crippen LogP contribution in [0, 0.1) is 0 Å². The highest BCUT2D eigenvalue weighted by molar-refractivity contribution is 6.31. The van der Waals surface area contributed by atoms with E-state index in [9.17, 15) is 4.79 Å². The third-order valence-corrected chi connectivity index (χ3v) is 4.59. The van der Waals surface area contributed by atoms with Crippen molar-refractivity contribution < 1.29 is 10.1 Å². The second-order valence-electron chi connectivity index (χ2n) is 5.90. The predicted molar refractivity (Wildman–Crippen MR) is 93.9 cm³/mol. The van der Waals surface area contributed by atoms with Gasteiger partial charge in [-0.05, 0) is 26.0 Å². The highest BCUT2D eigenvalue weighted by Gasteiger charge is 2.24. The molecule has 0 spiro atoms. The summed E-state index contributed by atoms with van der Waals surface area (Å²) >= 11 is 6.25. The van der Waals surface area contributed by atoms with Crippen molar-refractivity contribution in [3.63, 3.8) is 0 Å². The number of Topliss-reactive ketones (excluding diaryl/α,β-unsaturated/α-hetero) is 1. The molecular formula is C19H20ClN2O+. The standard InChI is InChI=1S/C19H19ClN2O/c1-12(14-7-3-5-9-17(14)20)22-13(2)19(23)16-11-21-18-10-6-4-8-15(16)18/h3-13,21-22H,1-2H3/p+1/t12-,13-/m1/s1. The van der Waals surface area contributed by atoms with E-state index in [-0.39, 0.29) is 17.9 Å². The van der Waals surface area contributed by atoms with Crippen molar-refractivity contribution in [1.82, 2.24) is 4.98 Å². The lowest BCUT2D eigenvalue weighted by Gasteiger charge is -2.17. The van der Waals surface area contributed by atoms with E-state index >= 15 is 0 Å². The Hall–Kier alpha value is -2.10. The molecule has 0 aliphatic carbocycles. The minimum Gasteiger partial charge on any atom is -0.360 e. The van der Waals surface area contributed by atoms with Crippen LogP contribution in [0.25, 0.3) is 10.9 Å². The molecule has 0 aliphatic rings. The van der Waals surface area contributed by atoms with Gasteiger partial charge in [0.15, 0.2) is 0 Å². The maximum Gasteiger partial charge on any atom is 0.221 e. The summed E-state index contributed by atoms with van der Waals surface area (Å²) in [6, 6.07) is 15.6. The van der Waals surface area contributed by atoms with Gasteiger partial charge in [-0.15, -0.1) is 0 Å². The van der Waals surface area contributed by atoms with Crippen LogP contribution in [0.5, 0.6) is 0 Å². The molecule has 2 atom stereocenters. The lowest BCUT2D eigenvalue weighted by molar-refractivity contribution is -0.709. The first-order chi connectivity index (χ1) is 11.1. The molecule has 3 nitrogen and oxygen atoms in total. The number of carbonyl (C=O) groups excluding carboxylic acids is 1. The van der Waals surface area contributed by atoms with Gasteiger partial charge in [0, 0.05) is 33.2 Å². The third-order valence-electron chi connectivity index (χ3n) is 4.24. The van der Waals surface area contributed by atoms with Gasteiger partial charge in [0.2, 0.25) is 5.78 Å². The van der Waals surface area contributed by atoms with Crippen LogP contribution >= 0.6 is 11.6 Å². The molecule has 3 aromatic rings. The Balaban J connectivity index is 1.79. The van der Waals surface area contributed by atoms with Crippen LogP contribution in [-0.2, 0) is 0 Å². The van der Waals surface area contributed by atoms with E-state index in [4.69, 9.17) is 11.6 Å². The number of nitrogens with two attached hydrogens (primary N) is 1. The van der Waals surface area contributed by atoms with Gasteiger partial charge >= 0.3 is 0 Å². The van der Waals surface area contributed by atoms with Gasteiger partial charge in [-0.2, -0.15) is 0 Å². The van der Waals surface area contributed by atoms with Gasteiger partial charge in [0.1, 0.15) is 12.1 Å². The fraction of sp³-hybridized carbons (Fsp3) is 0.211. The quantitative estimate of drug-likeness (QED) is 0.689. The number of ketones is 1. The first-order valence-corrected chi connectivity index (χ1v) is 8.15. The van der Waals surface area contributed by atoms with Crippen LogP contribution < -0.4 is 5.32 Å². The van der Waals surface area contributed by atoms with Crippen molar-refractivity contribution in [2.75, 3.05) is 0 Å². The largest absolute Gasteiger partial charge is 0.360 e. The lowest BCUT2D eigenvalue weighted by Crippen LogP contribution is -2.91. The van der Waals surface area contributed by atoms with Crippen LogP contribution in [-0.4, -0.2) is 16.8 Å².